The minimum absolute atomic E-state index is 0.0693. The number of anilines is 1. The van der Waals surface area contributed by atoms with Crippen LogP contribution in [0.2, 0.25) is 0 Å². The van der Waals surface area contributed by atoms with Crippen molar-refractivity contribution in [1.29, 1.82) is 5.26 Å². The molecule has 0 atom stereocenters. The van der Waals surface area contributed by atoms with E-state index < -0.39 is 30.2 Å². The number of carbonyl (C=O) groups excluding carboxylic acids is 3. The third-order valence-electron chi connectivity index (χ3n) is 3.88. The Morgan fingerprint density at radius 1 is 1.25 bits per heavy atom. The van der Waals surface area contributed by atoms with Crippen LogP contribution in [0, 0.1) is 11.3 Å². The van der Waals surface area contributed by atoms with Crippen LogP contribution in [0.4, 0.5) is 9.80 Å². The summed E-state index contributed by atoms with van der Waals surface area (Å²) in [7, 11) is 0. The molecule has 1 heterocycles. The van der Waals surface area contributed by atoms with E-state index in [4.69, 9.17) is 9.47 Å². The van der Waals surface area contributed by atoms with Crippen molar-refractivity contribution in [2.75, 3.05) is 18.5 Å². The zero-order chi connectivity index (χ0) is 20.7. The van der Waals surface area contributed by atoms with E-state index in [1.807, 2.05) is 0 Å². The van der Waals surface area contributed by atoms with Gasteiger partial charge in [-0.15, -0.1) is 11.3 Å². The van der Waals surface area contributed by atoms with Crippen molar-refractivity contribution in [3.05, 3.63) is 16.0 Å². The van der Waals surface area contributed by atoms with Gasteiger partial charge in [-0.1, -0.05) is 0 Å². The first kappa shape index (κ1) is 21.7. The normalized spacial score (nSPS) is 12.6. The average molecular weight is 407 g/mol. The largest absolute Gasteiger partial charge is 0.456 e. The molecular formula is C19H25N3O5S. The molecule has 0 aliphatic heterocycles. The van der Waals surface area contributed by atoms with Crippen molar-refractivity contribution in [2.24, 2.45) is 0 Å². The molecule has 0 fully saturated rings. The molecule has 0 bridgehead atoms. The summed E-state index contributed by atoms with van der Waals surface area (Å²) in [6, 6.07) is 2.15. The fourth-order valence-electron chi connectivity index (χ4n) is 2.73. The van der Waals surface area contributed by atoms with Gasteiger partial charge >= 0.3 is 12.1 Å². The van der Waals surface area contributed by atoms with Gasteiger partial charge in [-0.05, 0) is 52.0 Å². The van der Waals surface area contributed by atoms with Crippen molar-refractivity contribution in [2.45, 2.75) is 58.5 Å². The van der Waals surface area contributed by atoms with Crippen LogP contribution in [-0.4, -0.2) is 36.7 Å². The van der Waals surface area contributed by atoms with Crippen LogP contribution in [0.15, 0.2) is 0 Å². The summed E-state index contributed by atoms with van der Waals surface area (Å²) < 4.78 is 10.0. The fourth-order valence-corrected chi connectivity index (χ4v) is 3.98. The van der Waals surface area contributed by atoms with Crippen LogP contribution in [-0.2, 0) is 31.9 Å². The summed E-state index contributed by atoms with van der Waals surface area (Å²) in [5.74, 6) is -1.01. The van der Waals surface area contributed by atoms with Gasteiger partial charge in [0, 0.05) is 17.8 Å². The number of esters is 1. The Kier molecular flexibility index (Phi) is 7.40. The monoisotopic (exact) mass is 407 g/mol. The number of nitriles is 1. The second-order valence-electron chi connectivity index (χ2n) is 7.41. The smallest absolute Gasteiger partial charge is 0.407 e. The Morgan fingerprint density at radius 2 is 2.00 bits per heavy atom. The van der Waals surface area contributed by atoms with Gasteiger partial charge < -0.3 is 20.1 Å². The van der Waals surface area contributed by atoms with Crippen molar-refractivity contribution < 1.29 is 23.9 Å². The van der Waals surface area contributed by atoms with Crippen LogP contribution in [0.3, 0.4) is 0 Å². The Labute approximate surface area is 168 Å². The number of aryl methyl sites for hydroxylation is 1. The predicted molar refractivity (Wildman–Crippen MR) is 104 cm³/mol. The minimum Gasteiger partial charge on any atom is -0.456 e. The van der Waals surface area contributed by atoms with Gasteiger partial charge in [0.05, 0.1) is 5.56 Å². The number of nitrogens with one attached hydrogen (secondary N) is 2. The van der Waals surface area contributed by atoms with Crippen molar-refractivity contribution in [3.63, 3.8) is 0 Å². The average Bonchev–Trinajstić information content (AvgIpc) is 3.15. The third-order valence-corrected chi connectivity index (χ3v) is 5.08. The molecule has 0 unspecified atom stereocenters. The zero-order valence-corrected chi connectivity index (χ0v) is 17.2. The Balaban J connectivity index is 1.66. The first-order valence-electron chi connectivity index (χ1n) is 9.16. The number of hydrogen-bond acceptors (Lipinski definition) is 7. The topological polar surface area (TPSA) is 118 Å². The molecule has 2 N–H and O–H groups in total. The van der Waals surface area contributed by atoms with Gasteiger partial charge in [0.25, 0.3) is 5.91 Å². The Bertz CT molecular complexity index is 789. The van der Waals surface area contributed by atoms with E-state index in [1.54, 1.807) is 20.8 Å². The van der Waals surface area contributed by atoms with E-state index in [0.29, 0.717) is 17.0 Å². The molecule has 1 aromatic rings. The Hall–Kier alpha value is -2.60. The van der Waals surface area contributed by atoms with Crippen LogP contribution in [0.25, 0.3) is 0 Å². The minimum atomic E-state index is -0.579. The van der Waals surface area contributed by atoms with E-state index in [9.17, 15) is 19.6 Å². The maximum Gasteiger partial charge on any atom is 0.407 e. The van der Waals surface area contributed by atoms with Crippen LogP contribution < -0.4 is 10.6 Å². The molecule has 0 saturated heterocycles. The molecule has 152 valence electrons. The van der Waals surface area contributed by atoms with Gasteiger partial charge in [0.2, 0.25) is 0 Å². The lowest BCUT2D eigenvalue weighted by atomic mass is 10.1. The number of hydrogen-bond donors (Lipinski definition) is 2. The number of carbonyl (C=O) groups is 3. The highest BCUT2D eigenvalue weighted by Crippen LogP contribution is 2.38. The molecular weight excluding hydrogens is 382 g/mol. The maximum absolute atomic E-state index is 12.0. The molecule has 2 rings (SSSR count). The number of nitrogens with zero attached hydrogens (tertiary/aromatic N) is 1. The molecule has 9 heteroatoms. The lowest BCUT2D eigenvalue weighted by Gasteiger charge is -2.19. The van der Waals surface area contributed by atoms with Gasteiger partial charge in [-0.25, -0.2) is 4.79 Å². The van der Waals surface area contributed by atoms with Crippen LogP contribution in [0.1, 0.15) is 56.0 Å². The fraction of sp³-hybridized carbons (Fsp3) is 0.579. The maximum atomic E-state index is 12.0. The first-order valence-corrected chi connectivity index (χ1v) is 9.98. The van der Waals surface area contributed by atoms with Crippen LogP contribution in [0.5, 0.6) is 0 Å². The number of amides is 2. The molecule has 0 saturated carbocycles. The highest BCUT2D eigenvalue weighted by molar-refractivity contribution is 7.16. The standard InChI is InChI=1S/C19H25N3O5S/c1-19(2,3)27-18(25)21-9-5-8-16(24)26-11-15(23)22-17-13(10-20)12-6-4-7-14(12)28-17/h4-9,11H2,1-3H3,(H,21,25)(H,22,23). The highest BCUT2D eigenvalue weighted by atomic mass is 32.1. The number of thiophene rings is 1. The molecule has 1 aromatic heterocycles. The SMILES string of the molecule is CC(C)(C)OC(=O)NCCCC(=O)OCC(=O)Nc1sc2c(c1C#N)CCC2. The van der Waals surface area contributed by atoms with E-state index in [0.717, 1.165) is 29.7 Å². The number of ether oxygens (including phenoxy) is 2. The lowest BCUT2D eigenvalue weighted by molar-refractivity contribution is -0.147. The number of rotatable bonds is 7. The number of fused-ring (bicyclic) bond motifs is 1. The predicted octanol–water partition coefficient (Wildman–Crippen LogP) is 2.90. The van der Waals surface area contributed by atoms with Gasteiger partial charge in [0.15, 0.2) is 6.61 Å². The van der Waals surface area contributed by atoms with E-state index in [-0.39, 0.29) is 13.0 Å². The lowest BCUT2D eigenvalue weighted by Crippen LogP contribution is -2.33. The second kappa shape index (κ2) is 9.55. The van der Waals surface area contributed by atoms with Crippen molar-refractivity contribution >= 4 is 34.3 Å². The molecule has 2 amide bonds. The summed E-state index contributed by atoms with van der Waals surface area (Å²) in [4.78, 5) is 36.3. The number of alkyl carbamates (subject to hydrolysis) is 1. The van der Waals surface area contributed by atoms with E-state index in [1.165, 1.54) is 11.3 Å². The summed E-state index contributed by atoms with van der Waals surface area (Å²) in [5.41, 5.74) is 0.965. The molecule has 1 aliphatic carbocycles. The van der Waals surface area contributed by atoms with Crippen molar-refractivity contribution in [1.82, 2.24) is 5.32 Å². The molecule has 8 nitrogen and oxygen atoms in total. The molecule has 28 heavy (non-hydrogen) atoms. The van der Waals surface area contributed by atoms with Crippen LogP contribution >= 0.6 is 11.3 Å². The summed E-state index contributed by atoms with van der Waals surface area (Å²) in [6.45, 7) is 5.14. The van der Waals surface area contributed by atoms with Gasteiger partial charge in [-0.3, -0.25) is 9.59 Å². The highest BCUT2D eigenvalue weighted by Gasteiger charge is 2.23. The summed E-state index contributed by atoms with van der Waals surface area (Å²) >= 11 is 1.41. The molecule has 0 radical (unpaired) electrons. The van der Waals surface area contributed by atoms with Crippen molar-refractivity contribution in [3.8, 4) is 6.07 Å². The summed E-state index contributed by atoms with van der Waals surface area (Å²) in [5, 5.41) is 15.0. The van der Waals surface area contributed by atoms with Gasteiger partial charge in [0.1, 0.15) is 16.7 Å². The molecule has 0 aromatic carbocycles. The van der Waals surface area contributed by atoms with E-state index >= 15 is 0 Å². The third kappa shape index (κ3) is 6.53. The first-order chi connectivity index (χ1) is 13.2. The molecule has 1 aliphatic rings. The zero-order valence-electron chi connectivity index (χ0n) is 16.3. The van der Waals surface area contributed by atoms with E-state index in [2.05, 4.69) is 16.7 Å². The second-order valence-corrected chi connectivity index (χ2v) is 8.52. The van der Waals surface area contributed by atoms with Gasteiger partial charge in [-0.2, -0.15) is 5.26 Å². The Morgan fingerprint density at radius 3 is 2.68 bits per heavy atom. The molecule has 0 spiro atoms. The quantitative estimate of drug-likeness (QED) is 0.530. The summed E-state index contributed by atoms with van der Waals surface area (Å²) in [6.07, 6.45) is 2.71.